The molecule has 1 nitrogen and oxygen atoms in total. The van der Waals surface area contributed by atoms with Crippen molar-refractivity contribution in [2.45, 2.75) is 38.6 Å². The average Bonchev–Trinajstić information content (AvgIpc) is 2.88. The Kier molecular flexibility index (Phi) is 2.51. The van der Waals surface area contributed by atoms with Gasteiger partial charge in [0, 0.05) is 6.04 Å². The normalized spacial score (nSPS) is 32.6. The summed E-state index contributed by atoms with van der Waals surface area (Å²) >= 11 is 0. The minimum absolute atomic E-state index is 0.648. The molecule has 2 bridgehead atoms. The lowest BCUT2D eigenvalue weighted by atomic mass is 9.92. The van der Waals surface area contributed by atoms with Gasteiger partial charge in [-0.05, 0) is 48.9 Å². The van der Waals surface area contributed by atoms with E-state index in [0.717, 1.165) is 12.0 Å². The Morgan fingerprint density at radius 2 is 1.69 bits per heavy atom. The first-order chi connectivity index (χ1) is 7.75. The molecule has 1 aromatic rings. The highest BCUT2D eigenvalue weighted by molar-refractivity contribution is 5.28. The second-order valence-electron chi connectivity index (χ2n) is 5.64. The van der Waals surface area contributed by atoms with Crippen LogP contribution >= 0.6 is 0 Å². The van der Waals surface area contributed by atoms with Crippen molar-refractivity contribution in [1.29, 1.82) is 0 Å². The number of nitrogens with zero attached hydrogens (tertiary/aromatic N) is 1. The predicted octanol–water partition coefficient (Wildman–Crippen LogP) is 3.58. The van der Waals surface area contributed by atoms with Gasteiger partial charge in [-0.25, -0.2) is 0 Å². The molecule has 0 aromatic heterocycles. The predicted molar refractivity (Wildman–Crippen MR) is 67.6 cm³/mol. The van der Waals surface area contributed by atoms with Crippen molar-refractivity contribution in [3.63, 3.8) is 0 Å². The van der Waals surface area contributed by atoms with E-state index in [0.29, 0.717) is 5.92 Å². The van der Waals surface area contributed by atoms with Crippen LogP contribution in [0.3, 0.4) is 0 Å². The number of benzene rings is 1. The molecule has 1 aromatic carbocycles. The monoisotopic (exact) mass is 215 g/mol. The lowest BCUT2D eigenvalue weighted by Crippen LogP contribution is -2.19. The van der Waals surface area contributed by atoms with Crippen LogP contribution in [0.1, 0.15) is 49.8 Å². The van der Waals surface area contributed by atoms with Crippen LogP contribution in [-0.4, -0.2) is 18.0 Å². The first-order valence-corrected chi connectivity index (χ1v) is 6.59. The quantitative estimate of drug-likeness (QED) is 0.729. The summed E-state index contributed by atoms with van der Waals surface area (Å²) in [6.45, 7) is 7.16. The summed E-state index contributed by atoms with van der Waals surface area (Å²) in [5.74, 6) is 1.58. The van der Waals surface area contributed by atoms with Gasteiger partial charge in [-0.1, -0.05) is 38.1 Å². The summed E-state index contributed by atoms with van der Waals surface area (Å²) in [5.41, 5.74) is 3.01. The highest BCUT2D eigenvalue weighted by Gasteiger charge is 2.40. The van der Waals surface area contributed by atoms with Crippen LogP contribution in [0, 0.1) is 5.92 Å². The van der Waals surface area contributed by atoms with Gasteiger partial charge in [-0.2, -0.15) is 0 Å². The lowest BCUT2D eigenvalue weighted by Gasteiger charge is -2.20. The van der Waals surface area contributed by atoms with Crippen LogP contribution in [0.5, 0.6) is 0 Å². The third-order valence-electron chi connectivity index (χ3n) is 4.36. The second kappa shape index (κ2) is 3.89. The highest BCUT2D eigenvalue weighted by Crippen LogP contribution is 2.44. The minimum Gasteiger partial charge on any atom is -0.296 e. The van der Waals surface area contributed by atoms with E-state index < -0.39 is 0 Å². The summed E-state index contributed by atoms with van der Waals surface area (Å²) < 4.78 is 0. The first kappa shape index (κ1) is 10.3. The number of piperidine rings is 1. The summed E-state index contributed by atoms with van der Waals surface area (Å²) in [6.07, 6.45) is 2.83. The standard InChI is InChI=1S/C15H21N/c1-11(2)12-3-5-13(6-4-12)15-14-7-9-16(15)10-8-14/h3-6,11,14-15H,7-10H2,1-2H3/t15-/m0/s1. The average molecular weight is 215 g/mol. The first-order valence-electron chi connectivity index (χ1n) is 6.59. The van der Waals surface area contributed by atoms with Crippen molar-refractivity contribution in [1.82, 2.24) is 4.90 Å². The van der Waals surface area contributed by atoms with E-state index >= 15 is 0 Å². The lowest BCUT2D eigenvalue weighted by molar-refractivity contribution is 0.305. The van der Waals surface area contributed by atoms with E-state index in [9.17, 15) is 0 Å². The molecule has 3 rings (SSSR count). The van der Waals surface area contributed by atoms with E-state index in [1.165, 1.54) is 31.5 Å². The Morgan fingerprint density at radius 1 is 1.06 bits per heavy atom. The number of fused-ring (bicyclic) bond motifs is 2. The molecular formula is C15H21N. The van der Waals surface area contributed by atoms with E-state index in [-0.39, 0.29) is 0 Å². The van der Waals surface area contributed by atoms with Gasteiger partial charge in [-0.15, -0.1) is 0 Å². The highest BCUT2D eigenvalue weighted by atomic mass is 15.2. The third kappa shape index (κ3) is 1.58. The number of hydrogen-bond donors (Lipinski definition) is 0. The smallest absolute Gasteiger partial charge is 0.0377 e. The number of rotatable bonds is 2. The SMILES string of the molecule is CC(C)c1ccc([C@H]2C3CCN2CC3)cc1. The third-order valence-corrected chi connectivity index (χ3v) is 4.36. The van der Waals surface area contributed by atoms with Crippen LogP contribution in [0.2, 0.25) is 0 Å². The minimum atomic E-state index is 0.648. The van der Waals surface area contributed by atoms with Crippen LogP contribution < -0.4 is 0 Å². The van der Waals surface area contributed by atoms with Gasteiger partial charge in [0.25, 0.3) is 0 Å². The van der Waals surface area contributed by atoms with Gasteiger partial charge in [0.15, 0.2) is 0 Å². The summed E-state index contributed by atoms with van der Waals surface area (Å²) in [6, 6.07) is 10.1. The zero-order chi connectivity index (χ0) is 11.1. The molecule has 2 saturated heterocycles. The summed E-state index contributed by atoms with van der Waals surface area (Å²) in [5, 5.41) is 0. The van der Waals surface area contributed by atoms with Gasteiger partial charge in [0.05, 0.1) is 0 Å². The van der Waals surface area contributed by atoms with Crippen molar-refractivity contribution < 1.29 is 0 Å². The molecule has 1 heteroatoms. The molecule has 16 heavy (non-hydrogen) atoms. The van der Waals surface area contributed by atoms with Gasteiger partial charge < -0.3 is 0 Å². The second-order valence-corrected chi connectivity index (χ2v) is 5.64. The van der Waals surface area contributed by atoms with Crippen LogP contribution in [-0.2, 0) is 0 Å². The maximum absolute atomic E-state index is 2.66. The van der Waals surface area contributed by atoms with Crippen LogP contribution in [0.15, 0.2) is 24.3 Å². The maximum Gasteiger partial charge on any atom is 0.0377 e. The van der Waals surface area contributed by atoms with Crippen molar-refractivity contribution in [2.24, 2.45) is 5.92 Å². The van der Waals surface area contributed by atoms with Crippen LogP contribution in [0.4, 0.5) is 0 Å². The van der Waals surface area contributed by atoms with E-state index in [2.05, 4.69) is 43.0 Å². The zero-order valence-corrected chi connectivity index (χ0v) is 10.3. The van der Waals surface area contributed by atoms with Gasteiger partial charge in [-0.3, -0.25) is 4.90 Å². The zero-order valence-electron chi connectivity index (χ0n) is 10.3. The number of hydrogen-bond acceptors (Lipinski definition) is 1. The van der Waals surface area contributed by atoms with Crippen molar-refractivity contribution in [3.8, 4) is 0 Å². The van der Waals surface area contributed by atoms with E-state index in [1.54, 1.807) is 5.56 Å². The topological polar surface area (TPSA) is 3.24 Å². The molecule has 0 N–H and O–H groups in total. The largest absolute Gasteiger partial charge is 0.296 e. The molecule has 0 radical (unpaired) electrons. The van der Waals surface area contributed by atoms with Crippen LogP contribution in [0.25, 0.3) is 0 Å². The van der Waals surface area contributed by atoms with E-state index in [1.807, 2.05) is 0 Å². The van der Waals surface area contributed by atoms with Gasteiger partial charge in [0.1, 0.15) is 0 Å². The maximum atomic E-state index is 2.66. The summed E-state index contributed by atoms with van der Waals surface area (Å²) in [4.78, 5) is 2.66. The summed E-state index contributed by atoms with van der Waals surface area (Å²) in [7, 11) is 0. The molecule has 2 aliphatic rings. The Morgan fingerprint density at radius 3 is 2.12 bits per heavy atom. The molecule has 0 aliphatic carbocycles. The fourth-order valence-electron chi connectivity index (χ4n) is 3.37. The molecule has 2 aliphatic heterocycles. The Balaban J connectivity index is 1.85. The molecule has 0 saturated carbocycles. The molecule has 2 fully saturated rings. The molecular weight excluding hydrogens is 194 g/mol. The Labute approximate surface area is 98.5 Å². The molecule has 0 amide bonds. The molecule has 1 atom stereocenters. The molecule has 0 spiro atoms. The van der Waals surface area contributed by atoms with Gasteiger partial charge in [0.2, 0.25) is 0 Å². The molecule has 0 unspecified atom stereocenters. The Hall–Kier alpha value is -0.820. The molecule has 86 valence electrons. The van der Waals surface area contributed by atoms with Crippen molar-refractivity contribution >= 4 is 0 Å². The van der Waals surface area contributed by atoms with Crippen molar-refractivity contribution in [3.05, 3.63) is 35.4 Å². The fourth-order valence-corrected chi connectivity index (χ4v) is 3.37. The Bertz CT molecular complexity index is 346. The van der Waals surface area contributed by atoms with Crippen molar-refractivity contribution in [2.75, 3.05) is 13.1 Å². The fraction of sp³-hybridized carbons (Fsp3) is 0.600. The van der Waals surface area contributed by atoms with E-state index in [4.69, 9.17) is 0 Å². The van der Waals surface area contributed by atoms with Gasteiger partial charge >= 0.3 is 0 Å². The molecule has 2 heterocycles.